The summed E-state index contributed by atoms with van der Waals surface area (Å²) in [5.74, 6) is 2.17. The van der Waals surface area contributed by atoms with Gasteiger partial charge in [-0.2, -0.15) is 11.8 Å². The Morgan fingerprint density at radius 3 is 2.67 bits per heavy atom. The first-order chi connectivity index (χ1) is 10.3. The van der Waals surface area contributed by atoms with Gasteiger partial charge in [-0.05, 0) is 36.1 Å². The third kappa shape index (κ3) is 3.13. The highest BCUT2D eigenvalue weighted by Gasteiger charge is 2.14. The lowest BCUT2D eigenvalue weighted by Crippen LogP contribution is -2.11. The van der Waals surface area contributed by atoms with Gasteiger partial charge in [-0.3, -0.25) is 4.79 Å². The second-order valence-electron chi connectivity index (χ2n) is 4.65. The molecule has 2 aromatic carbocycles. The standard InChI is InChI=1S/C16H15NO3S/c1-21-9-11-2-4-12(5-3-11)16(18)17-13-6-7-14-15(8-13)20-10-19-14/h2-8H,9-10H2,1H3,(H,17,18). The van der Waals surface area contributed by atoms with Crippen LogP contribution in [0.2, 0.25) is 0 Å². The summed E-state index contributed by atoms with van der Waals surface area (Å²) in [4.78, 5) is 12.2. The van der Waals surface area contributed by atoms with Crippen LogP contribution in [-0.2, 0) is 5.75 Å². The van der Waals surface area contributed by atoms with Crippen molar-refractivity contribution < 1.29 is 14.3 Å². The van der Waals surface area contributed by atoms with Crippen molar-refractivity contribution in [3.63, 3.8) is 0 Å². The average Bonchev–Trinajstić information content (AvgIpc) is 2.96. The fourth-order valence-corrected chi connectivity index (χ4v) is 2.62. The predicted octanol–water partition coefficient (Wildman–Crippen LogP) is 3.53. The van der Waals surface area contributed by atoms with Crippen molar-refractivity contribution in [2.24, 2.45) is 0 Å². The van der Waals surface area contributed by atoms with Crippen LogP contribution in [0.15, 0.2) is 42.5 Å². The molecule has 3 rings (SSSR count). The number of hydrogen-bond donors (Lipinski definition) is 1. The van der Waals surface area contributed by atoms with Gasteiger partial charge in [0.05, 0.1) is 0 Å². The molecule has 5 heteroatoms. The molecule has 1 N–H and O–H groups in total. The first-order valence-electron chi connectivity index (χ1n) is 6.55. The molecule has 0 bridgehead atoms. The zero-order valence-corrected chi connectivity index (χ0v) is 12.4. The van der Waals surface area contributed by atoms with E-state index in [0.717, 1.165) is 5.75 Å². The van der Waals surface area contributed by atoms with E-state index in [9.17, 15) is 4.79 Å². The number of fused-ring (bicyclic) bond motifs is 1. The van der Waals surface area contributed by atoms with Crippen molar-refractivity contribution in [2.75, 3.05) is 18.4 Å². The van der Waals surface area contributed by atoms with Gasteiger partial charge < -0.3 is 14.8 Å². The van der Waals surface area contributed by atoms with Crippen LogP contribution in [0.3, 0.4) is 0 Å². The van der Waals surface area contributed by atoms with Crippen molar-refractivity contribution in [2.45, 2.75) is 5.75 Å². The number of carbonyl (C=O) groups is 1. The fourth-order valence-electron chi connectivity index (χ4n) is 2.10. The summed E-state index contributed by atoms with van der Waals surface area (Å²) in [6.07, 6.45) is 2.06. The third-order valence-corrected chi connectivity index (χ3v) is 3.78. The molecule has 0 aliphatic carbocycles. The molecule has 0 saturated carbocycles. The Hall–Kier alpha value is -2.14. The highest BCUT2D eigenvalue weighted by molar-refractivity contribution is 7.97. The van der Waals surface area contributed by atoms with E-state index in [1.54, 1.807) is 30.0 Å². The van der Waals surface area contributed by atoms with Crippen LogP contribution < -0.4 is 14.8 Å². The third-order valence-electron chi connectivity index (χ3n) is 3.16. The van der Waals surface area contributed by atoms with Crippen molar-refractivity contribution in [1.29, 1.82) is 0 Å². The number of ether oxygens (including phenoxy) is 2. The van der Waals surface area contributed by atoms with Gasteiger partial charge >= 0.3 is 0 Å². The van der Waals surface area contributed by atoms with Gasteiger partial charge in [-0.25, -0.2) is 0 Å². The van der Waals surface area contributed by atoms with E-state index in [1.165, 1.54) is 5.56 Å². The Morgan fingerprint density at radius 2 is 1.90 bits per heavy atom. The molecule has 21 heavy (non-hydrogen) atoms. The normalized spacial score (nSPS) is 12.2. The minimum Gasteiger partial charge on any atom is -0.454 e. The summed E-state index contributed by atoms with van der Waals surface area (Å²) in [7, 11) is 0. The van der Waals surface area contributed by atoms with E-state index in [1.807, 2.05) is 24.3 Å². The number of carbonyl (C=O) groups excluding carboxylic acids is 1. The SMILES string of the molecule is CSCc1ccc(C(=O)Nc2ccc3c(c2)OCO3)cc1. The molecule has 0 fully saturated rings. The second kappa shape index (κ2) is 6.10. The van der Waals surface area contributed by atoms with Gasteiger partial charge in [-0.15, -0.1) is 0 Å². The van der Waals surface area contributed by atoms with Gasteiger partial charge in [-0.1, -0.05) is 12.1 Å². The summed E-state index contributed by atoms with van der Waals surface area (Å²) < 4.78 is 10.5. The lowest BCUT2D eigenvalue weighted by atomic mass is 10.1. The first kappa shape index (κ1) is 13.8. The number of nitrogens with one attached hydrogen (secondary N) is 1. The van der Waals surface area contributed by atoms with Crippen molar-refractivity contribution in [3.8, 4) is 11.5 Å². The number of anilines is 1. The van der Waals surface area contributed by atoms with E-state index >= 15 is 0 Å². The van der Waals surface area contributed by atoms with E-state index in [4.69, 9.17) is 9.47 Å². The van der Waals surface area contributed by atoms with Gasteiger partial charge in [0.2, 0.25) is 6.79 Å². The first-order valence-corrected chi connectivity index (χ1v) is 7.94. The lowest BCUT2D eigenvalue weighted by Gasteiger charge is -2.07. The Balaban J connectivity index is 1.71. The van der Waals surface area contributed by atoms with Gasteiger partial charge in [0.25, 0.3) is 5.91 Å². The van der Waals surface area contributed by atoms with E-state index in [0.29, 0.717) is 22.7 Å². The van der Waals surface area contributed by atoms with Gasteiger partial charge in [0, 0.05) is 23.1 Å². The largest absolute Gasteiger partial charge is 0.454 e. The van der Waals surface area contributed by atoms with Crippen LogP contribution in [0, 0.1) is 0 Å². The van der Waals surface area contributed by atoms with E-state index in [-0.39, 0.29) is 12.7 Å². The van der Waals surface area contributed by atoms with Crippen LogP contribution in [0.1, 0.15) is 15.9 Å². The van der Waals surface area contributed by atoms with Crippen LogP contribution in [0.4, 0.5) is 5.69 Å². The zero-order valence-electron chi connectivity index (χ0n) is 11.6. The zero-order chi connectivity index (χ0) is 14.7. The summed E-state index contributed by atoms with van der Waals surface area (Å²) in [6.45, 7) is 0.226. The monoisotopic (exact) mass is 301 g/mol. The molecule has 108 valence electrons. The quantitative estimate of drug-likeness (QED) is 0.938. The summed E-state index contributed by atoms with van der Waals surface area (Å²) in [5, 5.41) is 2.86. The second-order valence-corrected chi connectivity index (χ2v) is 5.52. The summed E-state index contributed by atoms with van der Waals surface area (Å²) in [5.41, 5.74) is 2.54. The minimum atomic E-state index is -0.135. The number of hydrogen-bond acceptors (Lipinski definition) is 4. The maximum absolute atomic E-state index is 12.2. The highest BCUT2D eigenvalue weighted by atomic mass is 32.2. The Labute approximate surface area is 127 Å². The Morgan fingerprint density at radius 1 is 1.14 bits per heavy atom. The smallest absolute Gasteiger partial charge is 0.255 e. The van der Waals surface area contributed by atoms with Crippen molar-refractivity contribution >= 4 is 23.4 Å². The molecule has 1 amide bonds. The lowest BCUT2D eigenvalue weighted by molar-refractivity contribution is 0.102. The summed E-state index contributed by atoms with van der Waals surface area (Å²) in [6, 6.07) is 13.0. The molecule has 0 radical (unpaired) electrons. The molecule has 4 nitrogen and oxygen atoms in total. The summed E-state index contributed by atoms with van der Waals surface area (Å²) >= 11 is 1.76. The molecular formula is C16H15NO3S. The van der Waals surface area contributed by atoms with Crippen LogP contribution in [0.5, 0.6) is 11.5 Å². The Kier molecular flexibility index (Phi) is 4.01. The topological polar surface area (TPSA) is 47.6 Å². The van der Waals surface area contributed by atoms with E-state index < -0.39 is 0 Å². The molecule has 0 spiro atoms. The maximum Gasteiger partial charge on any atom is 0.255 e. The molecule has 2 aromatic rings. The van der Waals surface area contributed by atoms with Crippen molar-refractivity contribution in [1.82, 2.24) is 0 Å². The average molecular weight is 301 g/mol. The number of thioether (sulfide) groups is 1. The van der Waals surface area contributed by atoms with Crippen molar-refractivity contribution in [3.05, 3.63) is 53.6 Å². The molecule has 0 unspecified atom stereocenters. The Bertz CT molecular complexity index is 655. The number of amides is 1. The molecule has 1 heterocycles. The van der Waals surface area contributed by atoms with Crippen LogP contribution in [0.25, 0.3) is 0 Å². The minimum absolute atomic E-state index is 0.135. The maximum atomic E-state index is 12.2. The van der Waals surface area contributed by atoms with Crippen LogP contribution in [-0.4, -0.2) is 19.0 Å². The van der Waals surface area contributed by atoms with Gasteiger partial charge in [0.15, 0.2) is 11.5 Å². The predicted molar refractivity (Wildman–Crippen MR) is 84.2 cm³/mol. The van der Waals surface area contributed by atoms with Gasteiger partial charge in [0.1, 0.15) is 0 Å². The molecule has 1 aliphatic heterocycles. The molecule has 1 aliphatic rings. The molecule has 0 saturated heterocycles. The van der Waals surface area contributed by atoms with Crippen LogP contribution >= 0.6 is 11.8 Å². The number of rotatable bonds is 4. The molecule has 0 aromatic heterocycles. The highest BCUT2D eigenvalue weighted by Crippen LogP contribution is 2.34. The molecule has 0 atom stereocenters. The number of benzene rings is 2. The molecular weight excluding hydrogens is 286 g/mol. The fraction of sp³-hybridized carbons (Fsp3) is 0.188. The van der Waals surface area contributed by atoms with E-state index in [2.05, 4.69) is 11.6 Å².